The molecule has 0 saturated carbocycles. The number of carbonyl (C=O) groups is 1. The van der Waals surface area contributed by atoms with E-state index in [9.17, 15) is 4.79 Å². The molecule has 0 radical (unpaired) electrons. The average molecular weight is 280 g/mol. The number of benzene rings is 1. The number of pyridine rings is 1. The van der Waals surface area contributed by atoms with Gasteiger partial charge >= 0.3 is 0 Å². The maximum atomic E-state index is 12.6. The highest BCUT2D eigenvalue weighted by Gasteiger charge is 2.19. The number of amides is 1. The van der Waals surface area contributed by atoms with E-state index in [4.69, 9.17) is 0 Å². The SMILES string of the molecule is CN(Cc1ccncc1)C(=O)c1nn(C)c2ccccc12. The normalized spacial score (nSPS) is 10.8. The minimum atomic E-state index is -0.0800. The van der Waals surface area contributed by atoms with Gasteiger partial charge in [-0.3, -0.25) is 14.5 Å². The molecule has 21 heavy (non-hydrogen) atoms. The summed E-state index contributed by atoms with van der Waals surface area (Å²) in [6.07, 6.45) is 3.45. The Kier molecular flexibility index (Phi) is 3.39. The molecule has 5 nitrogen and oxygen atoms in total. The Morgan fingerprint density at radius 1 is 1.19 bits per heavy atom. The molecule has 0 N–H and O–H groups in total. The van der Waals surface area contributed by atoms with Crippen LogP contribution in [0.4, 0.5) is 0 Å². The van der Waals surface area contributed by atoms with E-state index in [0.717, 1.165) is 16.5 Å². The lowest BCUT2D eigenvalue weighted by Gasteiger charge is -2.16. The summed E-state index contributed by atoms with van der Waals surface area (Å²) in [5, 5.41) is 5.25. The van der Waals surface area contributed by atoms with Gasteiger partial charge in [0.05, 0.1) is 5.52 Å². The van der Waals surface area contributed by atoms with Crippen molar-refractivity contribution in [3.8, 4) is 0 Å². The van der Waals surface area contributed by atoms with E-state index in [0.29, 0.717) is 12.2 Å². The van der Waals surface area contributed by atoms with Crippen LogP contribution in [0.3, 0.4) is 0 Å². The zero-order valence-electron chi connectivity index (χ0n) is 12.0. The molecule has 0 bridgehead atoms. The molecule has 0 atom stereocenters. The number of carbonyl (C=O) groups excluding carboxylic acids is 1. The largest absolute Gasteiger partial charge is 0.336 e. The fourth-order valence-electron chi connectivity index (χ4n) is 2.39. The predicted octanol–water partition coefficient (Wildman–Crippen LogP) is 2.24. The number of nitrogens with zero attached hydrogens (tertiary/aromatic N) is 4. The summed E-state index contributed by atoms with van der Waals surface area (Å²) in [5.41, 5.74) is 2.49. The average Bonchev–Trinajstić information content (AvgIpc) is 2.85. The van der Waals surface area contributed by atoms with Crippen LogP contribution >= 0.6 is 0 Å². The molecular formula is C16H16N4O. The fraction of sp³-hybridized carbons (Fsp3) is 0.188. The molecule has 0 unspecified atom stereocenters. The second kappa shape index (κ2) is 5.36. The van der Waals surface area contributed by atoms with E-state index in [1.54, 1.807) is 29.0 Å². The molecule has 3 rings (SSSR count). The molecule has 0 spiro atoms. The third-order valence-electron chi connectivity index (χ3n) is 3.48. The first-order chi connectivity index (χ1) is 10.2. The van der Waals surface area contributed by atoms with Gasteiger partial charge in [0, 0.05) is 38.4 Å². The number of hydrogen-bond donors (Lipinski definition) is 0. The van der Waals surface area contributed by atoms with Crippen molar-refractivity contribution in [3.05, 3.63) is 60.0 Å². The molecule has 1 amide bonds. The first-order valence-electron chi connectivity index (χ1n) is 6.73. The number of aromatic nitrogens is 3. The Labute approximate surface area is 122 Å². The topological polar surface area (TPSA) is 51.0 Å². The summed E-state index contributed by atoms with van der Waals surface area (Å²) in [6, 6.07) is 11.6. The van der Waals surface area contributed by atoms with Gasteiger partial charge < -0.3 is 4.90 Å². The zero-order valence-corrected chi connectivity index (χ0v) is 12.0. The van der Waals surface area contributed by atoms with Gasteiger partial charge in [-0.2, -0.15) is 5.10 Å². The first-order valence-corrected chi connectivity index (χ1v) is 6.73. The van der Waals surface area contributed by atoms with Gasteiger partial charge in [0.25, 0.3) is 5.91 Å². The van der Waals surface area contributed by atoms with E-state index < -0.39 is 0 Å². The Morgan fingerprint density at radius 2 is 1.90 bits per heavy atom. The fourth-order valence-corrected chi connectivity index (χ4v) is 2.39. The van der Waals surface area contributed by atoms with Crippen molar-refractivity contribution in [3.63, 3.8) is 0 Å². The van der Waals surface area contributed by atoms with Crippen LogP contribution in [0.1, 0.15) is 16.1 Å². The van der Waals surface area contributed by atoms with Gasteiger partial charge in [0.2, 0.25) is 0 Å². The minimum Gasteiger partial charge on any atom is -0.336 e. The molecular weight excluding hydrogens is 264 g/mol. The highest BCUT2D eigenvalue weighted by Crippen LogP contribution is 2.19. The molecule has 2 heterocycles. The number of aryl methyl sites for hydroxylation is 1. The van der Waals surface area contributed by atoms with Crippen molar-refractivity contribution in [1.29, 1.82) is 0 Å². The highest BCUT2D eigenvalue weighted by atomic mass is 16.2. The molecule has 0 fully saturated rings. The van der Waals surface area contributed by atoms with Crippen molar-refractivity contribution >= 4 is 16.8 Å². The molecule has 3 aromatic rings. The van der Waals surface area contributed by atoms with Crippen LogP contribution in [0, 0.1) is 0 Å². The van der Waals surface area contributed by atoms with Crippen LogP contribution in [-0.2, 0) is 13.6 Å². The van der Waals surface area contributed by atoms with Crippen LogP contribution < -0.4 is 0 Å². The molecule has 0 saturated heterocycles. The molecule has 0 aliphatic rings. The van der Waals surface area contributed by atoms with Crippen molar-refractivity contribution in [2.75, 3.05) is 7.05 Å². The van der Waals surface area contributed by atoms with E-state index in [-0.39, 0.29) is 5.91 Å². The van der Waals surface area contributed by atoms with Crippen molar-refractivity contribution < 1.29 is 4.79 Å². The maximum Gasteiger partial charge on any atom is 0.275 e. The van der Waals surface area contributed by atoms with Crippen LogP contribution in [-0.4, -0.2) is 32.6 Å². The van der Waals surface area contributed by atoms with Crippen molar-refractivity contribution in [1.82, 2.24) is 19.7 Å². The quantitative estimate of drug-likeness (QED) is 0.739. The zero-order chi connectivity index (χ0) is 14.8. The smallest absolute Gasteiger partial charge is 0.275 e. The van der Waals surface area contributed by atoms with E-state index in [1.807, 2.05) is 43.4 Å². The van der Waals surface area contributed by atoms with E-state index in [1.165, 1.54) is 0 Å². The summed E-state index contributed by atoms with van der Waals surface area (Å²) in [4.78, 5) is 18.3. The Morgan fingerprint density at radius 3 is 2.67 bits per heavy atom. The van der Waals surface area contributed by atoms with Gasteiger partial charge in [-0.1, -0.05) is 18.2 Å². The van der Waals surface area contributed by atoms with E-state index >= 15 is 0 Å². The van der Waals surface area contributed by atoms with Crippen molar-refractivity contribution in [2.45, 2.75) is 6.54 Å². The lowest BCUT2D eigenvalue weighted by molar-refractivity contribution is 0.0780. The van der Waals surface area contributed by atoms with Gasteiger partial charge in [-0.15, -0.1) is 0 Å². The lowest BCUT2D eigenvalue weighted by atomic mass is 10.2. The predicted molar refractivity (Wildman–Crippen MR) is 80.7 cm³/mol. The van der Waals surface area contributed by atoms with Crippen LogP contribution in [0.15, 0.2) is 48.8 Å². The molecule has 106 valence electrons. The second-order valence-corrected chi connectivity index (χ2v) is 5.01. The maximum absolute atomic E-state index is 12.6. The molecule has 2 aromatic heterocycles. The minimum absolute atomic E-state index is 0.0800. The van der Waals surface area contributed by atoms with E-state index in [2.05, 4.69) is 10.1 Å². The van der Waals surface area contributed by atoms with Gasteiger partial charge in [0.15, 0.2) is 5.69 Å². The summed E-state index contributed by atoms with van der Waals surface area (Å²) < 4.78 is 1.74. The molecule has 0 aliphatic carbocycles. The Bertz CT molecular complexity index is 779. The standard InChI is InChI=1S/C16H16N4O/c1-19(11-12-7-9-17-10-8-12)16(21)15-13-5-3-4-6-14(13)20(2)18-15/h3-10H,11H2,1-2H3. The first kappa shape index (κ1) is 13.3. The summed E-state index contributed by atoms with van der Waals surface area (Å²) in [6.45, 7) is 0.534. The highest BCUT2D eigenvalue weighted by molar-refractivity contribution is 6.04. The number of rotatable bonds is 3. The third-order valence-corrected chi connectivity index (χ3v) is 3.48. The summed E-state index contributed by atoms with van der Waals surface area (Å²) in [7, 11) is 3.63. The van der Waals surface area contributed by atoms with Crippen molar-refractivity contribution in [2.24, 2.45) is 7.05 Å². The lowest BCUT2D eigenvalue weighted by Crippen LogP contribution is -2.26. The second-order valence-electron chi connectivity index (χ2n) is 5.01. The van der Waals surface area contributed by atoms with Gasteiger partial charge in [0.1, 0.15) is 0 Å². The monoisotopic (exact) mass is 280 g/mol. The number of fused-ring (bicyclic) bond motifs is 1. The number of para-hydroxylation sites is 1. The Balaban J connectivity index is 1.90. The summed E-state index contributed by atoms with van der Waals surface area (Å²) in [5.74, 6) is -0.0800. The Hall–Kier alpha value is -2.69. The summed E-state index contributed by atoms with van der Waals surface area (Å²) >= 11 is 0. The third kappa shape index (κ3) is 2.50. The number of hydrogen-bond acceptors (Lipinski definition) is 3. The molecule has 1 aromatic carbocycles. The molecule has 0 aliphatic heterocycles. The van der Waals surface area contributed by atoms with Crippen LogP contribution in [0.25, 0.3) is 10.9 Å². The van der Waals surface area contributed by atoms with Crippen LogP contribution in [0.5, 0.6) is 0 Å². The van der Waals surface area contributed by atoms with Gasteiger partial charge in [-0.25, -0.2) is 0 Å². The van der Waals surface area contributed by atoms with Gasteiger partial charge in [-0.05, 0) is 23.8 Å². The molecule has 5 heteroatoms. The van der Waals surface area contributed by atoms with Crippen LogP contribution in [0.2, 0.25) is 0 Å².